The summed E-state index contributed by atoms with van der Waals surface area (Å²) in [4.78, 5) is 0.136. The Bertz CT molecular complexity index is 596. The van der Waals surface area contributed by atoms with Gasteiger partial charge < -0.3 is 10.2 Å². The van der Waals surface area contributed by atoms with Crippen molar-refractivity contribution in [2.75, 3.05) is 26.3 Å². The normalized spacial score (nSPS) is 11.2. The maximum Gasteiger partial charge on any atom is 0.244 e. The van der Waals surface area contributed by atoms with Crippen molar-refractivity contribution in [1.82, 2.24) is 4.31 Å². The number of hydrogen-bond acceptors (Lipinski definition) is 4. The van der Waals surface area contributed by atoms with E-state index in [2.05, 4.69) is 11.8 Å². The fraction of sp³-hybridized carbons (Fsp3) is 0.467. The van der Waals surface area contributed by atoms with Crippen molar-refractivity contribution >= 4 is 10.0 Å². The molecule has 0 bridgehead atoms. The topological polar surface area (TPSA) is 77.8 Å². The van der Waals surface area contributed by atoms with Crippen molar-refractivity contribution in [3.05, 3.63) is 29.8 Å². The fourth-order valence-corrected chi connectivity index (χ4v) is 3.53. The van der Waals surface area contributed by atoms with E-state index in [4.69, 9.17) is 10.2 Å². The Morgan fingerprint density at radius 2 is 1.86 bits per heavy atom. The van der Waals surface area contributed by atoms with Crippen LogP contribution in [0.1, 0.15) is 25.3 Å². The van der Waals surface area contributed by atoms with Crippen molar-refractivity contribution in [1.29, 1.82) is 0 Å². The molecule has 5 nitrogen and oxygen atoms in total. The summed E-state index contributed by atoms with van der Waals surface area (Å²) >= 11 is 0. The molecule has 0 saturated heterocycles. The molecule has 0 aliphatic heterocycles. The standard InChI is InChI=1S/C15H21NO4S/c1-2-10-16(11-13-18)21(19,20)15-9-4-3-7-14(15)8-5-6-12-17/h3-4,7,9,17-18H,2,6,10-13H2,1H3. The quantitative estimate of drug-likeness (QED) is 0.731. The third kappa shape index (κ3) is 4.83. The predicted octanol–water partition coefficient (Wildman–Crippen LogP) is 0.814. The highest BCUT2D eigenvalue weighted by molar-refractivity contribution is 7.89. The molecule has 0 amide bonds. The maximum absolute atomic E-state index is 12.7. The first-order chi connectivity index (χ1) is 10.1. The molecule has 0 aromatic heterocycles. The molecule has 0 aliphatic carbocycles. The minimum Gasteiger partial charge on any atom is -0.395 e. The van der Waals surface area contributed by atoms with Crippen LogP contribution in [0.5, 0.6) is 0 Å². The van der Waals surface area contributed by atoms with Gasteiger partial charge in [0.25, 0.3) is 0 Å². The SMILES string of the molecule is CCCN(CCO)S(=O)(=O)c1ccccc1C#CCCO. The number of rotatable bonds is 7. The molecule has 0 saturated carbocycles. The summed E-state index contributed by atoms with van der Waals surface area (Å²) in [6.45, 7) is 2.01. The molecular weight excluding hydrogens is 290 g/mol. The lowest BCUT2D eigenvalue weighted by atomic mass is 10.2. The summed E-state index contributed by atoms with van der Waals surface area (Å²) in [5.41, 5.74) is 0.407. The van der Waals surface area contributed by atoms with Crippen LogP contribution >= 0.6 is 0 Å². The van der Waals surface area contributed by atoms with Crippen LogP contribution in [-0.4, -0.2) is 49.2 Å². The average Bonchev–Trinajstić information content (AvgIpc) is 2.47. The molecule has 0 radical (unpaired) electrons. The maximum atomic E-state index is 12.7. The third-order valence-corrected chi connectivity index (χ3v) is 4.74. The number of nitrogens with zero attached hydrogens (tertiary/aromatic N) is 1. The first-order valence-electron chi connectivity index (χ1n) is 6.87. The van der Waals surface area contributed by atoms with Gasteiger partial charge in [0.1, 0.15) is 0 Å². The van der Waals surface area contributed by atoms with E-state index in [1.54, 1.807) is 18.2 Å². The molecule has 116 valence electrons. The van der Waals surface area contributed by atoms with Crippen LogP contribution in [0.4, 0.5) is 0 Å². The lowest BCUT2D eigenvalue weighted by Gasteiger charge is -2.21. The zero-order valence-corrected chi connectivity index (χ0v) is 12.9. The minimum absolute atomic E-state index is 0.0611. The molecule has 0 fully saturated rings. The minimum atomic E-state index is -3.68. The van der Waals surface area contributed by atoms with Gasteiger partial charge in [-0.15, -0.1) is 0 Å². The van der Waals surface area contributed by atoms with Gasteiger partial charge in [0.05, 0.1) is 18.1 Å². The number of hydrogen-bond donors (Lipinski definition) is 2. The molecule has 1 aromatic rings. The number of aliphatic hydroxyl groups is 2. The highest BCUT2D eigenvalue weighted by atomic mass is 32.2. The highest BCUT2D eigenvalue weighted by Crippen LogP contribution is 2.19. The molecule has 6 heteroatoms. The Balaban J connectivity index is 3.21. The van der Waals surface area contributed by atoms with Gasteiger partial charge in [-0.3, -0.25) is 0 Å². The van der Waals surface area contributed by atoms with E-state index in [0.717, 1.165) is 0 Å². The molecule has 1 aromatic carbocycles. The van der Waals surface area contributed by atoms with Crippen molar-refractivity contribution in [3.63, 3.8) is 0 Å². The Morgan fingerprint density at radius 1 is 1.14 bits per heavy atom. The first-order valence-corrected chi connectivity index (χ1v) is 8.31. The Kier molecular flexibility index (Phi) is 7.40. The lowest BCUT2D eigenvalue weighted by molar-refractivity contribution is 0.253. The van der Waals surface area contributed by atoms with Crippen LogP contribution in [0.2, 0.25) is 0 Å². The molecule has 0 unspecified atom stereocenters. The number of benzene rings is 1. The lowest BCUT2D eigenvalue weighted by Crippen LogP contribution is -2.34. The van der Waals surface area contributed by atoms with Gasteiger partial charge >= 0.3 is 0 Å². The van der Waals surface area contributed by atoms with Gasteiger partial charge in [-0.05, 0) is 18.6 Å². The van der Waals surface area contributed by atoms with E-state index < -0.39 is 10.0 Å². The molecule has 2 N–H and O–H groups in total. The van der Waals surface area contributed by atoms with E-state index in [9.17, 15) is 8.42 Å². The monoisotopic (exact) mass is 311 g/mol. The number of sulfonamides is 1. The molecule has 21 heavy (non-hydrogen) atoms. The zero-order valence-electron chi connectivity index (χ0n) is 12.1. The first kappa shape index (κ1) is 17.7. The Hall–Kier alpha value is -1.39. The van der Waals surface area contributed by atoms with E-state index in [1.165, 1.54) is 10.4 Å². The Labute approximate surface area is 126 Å². The van der Waals surface area contributed by atoms with E-state index in [0.29, 0.717) is 24.9 Å². The van der Waals surface area contributed by atoms with Crippen LogP contribution in [0.15, 0.2) is 29.2 Å². The fourth-order valence-electron chi connectivity index (χ4n) is 1.86. The van der Waals surface area contributed by atoms with Gasteiger partial charge in [-0.25, -0.2) is 8.42 Å². The molecular formula is C15H21NO4S. The van der Waals surface area contributed by atoms with E-state index in [-0.39, 0.29) is 24.7 Å². The average molecular weight is 311 g/mol. The van der Waals surface area contributed by atoms with Crippen LogP contribution in [-0.2, 0) is 10.0 Å². The predicted molar refractivity (Wildman–Crippen MR) is 81.2 cm³/mol. The molecule has 0 aliphatic rings. The summed E-state index contributed by atoms with van der Waals surface area (Å²) in [7, 11) is -3.68. The molecule has 1 rings (SSSR count). The van der Waals surface area contributed by atoms with Gasteiger partial charge in [0.15, 0.2) is 0 Å². The summed E-state index contributed by atoms with van der Waals surface area (Å²) < 4.78 is 26.6. The highest BCUT2D eigenvalue weighted by Gasteiger charge is 2.25. The van der Waals surface area contributed by atoms with Gasteiger partial charge in [0.2, 0.25) is 10.0 Å². The van der Waals surface area contributed by atoms with E-state index in [1.807, 2.05) is 6.92 Å². The third-order valence-electron chi connectivity index (χ3n) is 2.79. The van der Waals surface area contributed by atoms with Crippen molar-refractivity contribution in [3.8, 4) is 11.8 Å². The van der Waals surface area contributed by atoms with Gasteiger partial charge in [-0.2, -0.15) is 4.31 Å². The zero-order chi connectivity index (χ0) is 15.7. The van der Waals surface area contributed by atoms with Crippen molar-refractivity contribution in [2.45, 2.75) is 24.7 Å². The summed E-state index contributed by atoms with van der Waals surface area (Å²) in [5, 5.41) is 17.8. The number of aliphatic hydroxyl groups excluding tert-OH is 2. The molecule has 0 atom stereocenters. The summed E-state index contributed by atoms with van der Waals surface area (Å²) in [5.74, 6) is 5.52. The van der Waals surface area contributed by atoms with Crippen LogP contribution in [0, 0.1) is 11.8 Å². The van der Waals surface area contributed by atoms with Gasteiger partial charge in [0, 0.05) is 25.1 Å². The molecule has 0 spiro atoms. The summed E-state index contributed by atoms with van der Waals surface area (Å²) in [6, 6.07) is 6.52. The van der Waals surface area contributed by atoms with Crippen LogP contribution in [0.25, 0.3) is 0 Å². The summed E-state index contributed by atoms with van der Waals surface area (Å²) in [6.07, 6.45) is 0.960. The smallest absolute Gasteiger partial charge is 0.244 e. The second-order valence-corrected chi connectivity index (χ2v) is 6.31. The van der Waals surface area contributed by atoms with Crippen LogP contribution < -0.4 is 0 Å². The molecule has 0 heterocycles. The largest absolute Gasteiger partial charge is 0.395 e. The van der Waals surface area contributed by atoms with E-state index >= 15 is 0 Å². The second kappa shape index (κ2) is 8.80. The van der Waals surface area contributed by atoms with Crippen LogP contribution in [0.3, 0.4) is 0 Å². The second-order valence-electron chi connectivity index (χ2n) is 4.40. The van der Waals surface area contributed by atoms with Crippen molar-refractivity contribution in [2.24, 2.45) is 0 Å². The van der Waals surface area contributed by atoms with Gasteiger partial charge in [-0.1, -0.05) is 30.9 Å². The Morgan fingerprint density at radius 3 is 2.48 bits per heavy atom. The van der Waals surface area contributed by atoms with Crippen molar-refractivity contribution < 1.29 is 18.6 Å².